The van der Waals surface area contributed by atoms with E-state index in [9.17, 15) is 57.9 Å². The van der Waals surface area contributed by atoms with Gasteiger partial charge in [0.25, 0.3) is 0 Å². The first-order chi connectivity index (χ1) is 46.8. The topological polar surface area (TPSA) is 317 Å². The number of rotatable bonds is 9. The molecule has 10 heterocycles. The Kier molecular flexibility index (Phi) is 18.0. The van der Waals surface area contributed by atoms with Crippen LogP contribution < -0.4 is 48.9 Å². The molecule has 0 aliphatic carbocycles. The van der Waals surface area contributed by atoms with Crippen LogP contribution in [0.25, 0.3) is 0 Å². The summed E-state index contributed by atoms with van der Waals surface area (Å²) in [6.45, 7) is 17.7. The number of nitrogens with one attached hydrogen (secondary N) is 1. The van der Waals surface area contributed by atoms with Gasteiger partial charge >= 0.3 is 36.0 Å². The third-order valence-corrected chi connectivity index (χ3v) is 23.1. The van der Waals surface area contributed by atoms with E-state index in [4.69, 9.17) is 53.1 Å². The molecule has 0 saturated carbocycles. The van der Waals surface area contributed by atoms with Gasteiger partial charge in [-0.1, -0.05) is 24.3 Å². The van der Waals surface area contributed by atoms with Gasteiger partial charge in [0.2, 0.25) is 13.6 Å². The van der Waals surface area contributed by atoms with Crippen LogP contribution in [0, 0.1) is 50.4 Å². The quantitative estimate of drug-likeness (QED) is 0.0748. The number of ether oxygens (including phenoxy) is 10. The molecule has 0 aromatic heterocycles. The zero-order valence-electron chi connectivity index (χ0n) is 54.6. The maximum atomic E-state index is 13.4. The number of carbonyl (C=O) groups is 5. The van der Waals surface area contributed by atoms with Gasteiger partial charge in [-0.2, -0.15) is 23.7 Å². The summed E-state index contributed by atoms with van der Waals surface area (Å²) in [5, 5.41) is 46.2. The Morgan fingerprint density at radius 1 is 0.663 bits per heavy atom. The average molecular weight is 1390 g/mol. The van der Waals surface area contributed by atoms with Crippen LogP contribution in [0.4, 0.5) is 13.2 Å². The van der Waals surface area contributed by atoms with Crippen LogP contribution in [-0.4, -0.2) is 180 Å². The first-order valence-corrected chi connectivity index (χ1v) is 33.8. The number of amides is 1. The first kappa shape index (κ1) is 67.9. The maximum absolute atomic E-state index is 13.4. The minimum Gasteiger partial charge on any atom is -0.504 e. The van der Waals surface area contributed by atoms with Gasteiger partial charge < -0.3 is 68.6 Å². The maximum Gasteiger partial charge on any atom is 0.471 e. The van der Waals surface area contributed by atoms with Crippen LogP contribution in [0.2, 0.25) is 0 Å². The number of aryl methyl sites for hydroxylation is 2. The zero-order chi connectivity index (χ0) is 70.0. The highest BCUT2D eigenvalue weighted by molar-refractivity contribution is 7.99. The van der Waals surface area contributed by atoms with Gasteiger partial charge in [0, 0.05) is 107 Å². The van der Waals surface area contributed by atoms with Gasteiger partial charge in [-0.15, -0.1) is 36.7 Å². The summed E-state index contributed by atoms with van der Waals surface area (Å²) in [7, 11) is 2.98. The molecule has 4 saturated heterocycles. The largest absolute Gasteiger partial charge is 0.504 e. The molecule has 98 heavy (non-hydrogen) atoms. The zero-order valence-corrected chi connectivity index (χ0v) is 56.2. The van der Waals surface area contributed by atoms with Crippen LogP contribution in [-0.2, 0) is 46.3 Å². The number of benzene rings is 4. The first-order valence-electron chi connectivity index (χ1n) is 31.7. The van der Waals surface area contributed by atoms with Crippen molar-refractivity contribution in [1.82, 2.24) is 24.9 Å². The number of nitrogens with zero attached hydrogens (tertiary/aromatic N) is 6. The fourth-order valence-electron chi connectivity index (χ4n) is 16.8. The molecule has 4 aromatic carbocycles. The molecular weight excluding hydrogens is 1320 g/mol. The lowest BCUT2D eigenvalue weighted by Gasteiger charge is -2.62. The molecule has 25 nitrogen and oxygen atoms in total. The average Bonchev–Trinajstić information content (AvgIpc) is 0.963. The third kappa shape index (κ3) is 10.7. The van der Waals surface area contributed by atoms with Crippen molar-refractivity contribution in [3.63, 3.8) is 0 Å². The highest BCUT2D eigenvalue weighted by Crippen LogP contribution is 2.67. The van der Waals surface area contributed by atoms with Gasteiger partial charge in [-0.25, -0.2) is 4.79 Å². The molecule has 0 radical (unpaired) electrons. The second-order valence-electron chi connectivity index (χ2n) is 25.5. The number of alkyl halides is 3. The number of thioether (sulfide) groups is 2. The number of carbonyl (C=O) groups excluding carboxylic acids is 5. The second-order valence-corrected chi connectivity index (χ2v) is 27.9. The summed E-state index contributed by atoms with van der Waals surface area (Å²) in [6.07, 6.45) is -0.932. The normalized spacial score (nSPS) is 28.5. The van der Waals surface area contributed by atoms with Gasteiger partial charge in [0.1, 0.15) is 48.9 Å². The van der Waals surface area contributed by atoms with Gasteiger partial charge in [0.15, 0.2) is 46.0 Å². The fourth-order valence-corrected chi connectivity index (χ4v) is 19.7. The summed E-state index contributed by atoms with van der Waals surface area (Å²) in [5.74, 6) is -2.74. The highest BCUT2D eigenvalue weighted by atomic mass is 32.2. The molecule has 8 bridgehead atoms. The number of cyclic esters (lactones) is 2. The molecule has 518 valence electrons. The number of esters is 4. The number of methoxy groups -OCH3 is 2. The predicted molar refractivity (Wildman–Crippen MR) is 344 cm³/mol. The SMILES string of the molecule is C=CCN1[C@@H]2c3c(cc(C)c(OC)c3O)C[C@H]1[C@H](C#N)N1C2[C@@H]2SCC(N)C(=O)OC[C@H]1c1c3c(c(C)c(OC(C)=O)c12)OCO3.C=CCN1[C@@H]2c3c(cc(C)c(OC)c3O)C[C@H]1[C@H](C#N)N1C2[C@@H]2SCC(NC(=O)C(F)(F)F)C(=O)OC[C@H]1c1c3c(c(C)c(OC(C)=O)c12)OCO3. The molecule has 14 rings (SSSR count). The molecule has 4 unspecified atom stereocenters. The lowest BCUT2D eigenvalue weighted by Crippen LogP contribution is -2.70. The number of phenols is 2. The summed E-state index contributed by atoms with van der Waals surface area (Å²) in [5.41, 5.74) is 14.1. The van der Waals surface area contributed by atoms with Gasteiger partial charge in [-0.05, 0) is 62.8 Å². The van der Waals surface area contributed by atoms with E-state index in [2.05, 4.69) is 40.0 Å². The molecule has 10 aliphatic heterocycles. The molecule has 30 heteroatoms. The minimum absolute atomic E-state index is 0.0365. The van der Waals surface area contributed by atoms with Gasteiger partial charge in [0.05, 0.1) is 61.0 Å². The van der Waals surface area contributed by atoms with Crippen LogP contribution in [0.3, 0.4) is 0 Å². The van der Waals surface area contributed by atoms with Crippen molar-refractivity contribution < 1.29 is 94.7 Å². The highest BCUT2D eigenvalue weighted by Gasteiger charge is 2.64. The Bertz CT molecular complexity index is 4160. The number of phenolic OH excluding ortho intramolecular Hbond substituents is 2. The standard InChI is InChI=1S/C35H35F3N4O9S.C33H36N4O8S/c1-6-7-41-19-9-17-8-14(2)28(47-5)27(44)22(17)25(41)26-32-24-23(31-30(49-13-50-31)15(3)29(24)51-16(4)43)21(42(26)20(19)10-39)11-48-33(45)18(12-52-32)40-34(46)35(36,37)38;1-6-7-36-19-9-17-8-14(2)28(41-5)27(39)22(17)25(36)26-32-24-23(31-30(43-13-44-31)15(3)29(24)45-16(4)38)21(37(26)20(19)10-34)11-42-33(40)18(35)12-46-32/h6,8,18-21,25-26,32,44H,1,7,9,11-13H2,2-5H3,(H,40,46);6,8,18-21,25-26,32,39H,1,7,9,11-13,35H2,2-5H3/t2*18?,19-,20-,21-,25+,26?,32+/m00/s1. The number of halogens is 3. The second kappa shape index (κ2) is 25.9. The van der Waals surface area contributed by atoms with E-state index in [1.165, 1.54) is 39.8 Å². The third-order valence-electron chi connectivity index (χ3n) is 20.2. The van der Waals surface area contributed by atoms with Gasteiger partial charge in [-0.3, -0.25) is 38.8 Å². The van der Waals surface area contributed by atoms with E-state index in [1.807, 2.05) is 30.9 Å². The van der Waals surface area contributed by atoms with Crippen molar-refractivity contribution >= 4 is 53.3 Å². The molecule has 5 N–H and O–H groups in total. The molecule has 4 fully saturated rings. The minimum atomic E-state index is -5.27. The molecule has 0 spiro atoms. The van der Waals surface area contributed by atoms with Crippen LogP contribution >= 0.6 is 23.5 Å². The summed E-state index contributed by atoms with van der Waals surface area (Å²) >= 11 is 2.46. The molecule has 1 amide bonds. The van der Waals surface area contributed by atoms with Crippen LogP contribution in [0.15, 0.2) is 37.4 Å². The van der Waals surface area contributed by atoms with Crippen LogP contribution in [0.5, 0.6) is 57.5 Å². The Morgan fingerprint density at radius 2 is 1.08 bits per heavy atom. The molecule has 10 aliphatic rings. The van der Waals surface area contributed by atoms with Crippen LogP contribution in [0.1, 0.15) is 115 Å². The number of hydrogen-bond acceptors (Lipinski definition) is 26. The van der Waals surface area contributed by atoms with Crippen molar-refractivity contribution in [2.24, 2.45) is 5.73 Å². The predicted octanol–water partition coefficient (Wildman–Crippen LogP) is 6.95. The molecule has 4 aromatic rings. The van der Waals surface area contributed by atoms with Crippen molar-refractivity contribution in [2.45, 2.75) is 144 Å². The lowest BCUT2D eigenvalue weighted by atomic mass is 9.71. The van der Waals surface area contributed by atoms with Crippen molar-refractivity contribution in [3.8, 4) is 69.6 Å². The number of piperazine rings is 2. The van der Waals surface area contributed by atoms with E-state index in [0.717, 1.165) is 28.5 Å². The van der Waals surface area contributed by atoms with E-state index in [1.54, 1.807) is 31.3 Å². The fraction of sp³-hybridized carbons (Fsp3) is 0.485. The Labute approximate surface area is 569 Å². The number of nitriles is 2. The van der Waals surface area contributed by atoms with E-state index >= 15 is 0 Å². The number of aromatic hydroxyl groups is 2. The molecule has 14 atom stereocenters. The number of nitrogens with two attached hydrogens (primary N) is 1. The summed E-state index contributed by atoms with van der Waals surface area (Å²) in [4.78, 5) is 72.3. The van der Waals surface area contributed by atoms with E-state index < -0.39 is 125 Å². The van der Waals surface area contributed by atoms with Crippen molar-refractivity contribution in [1.29, 1.82) is 10.5 Å². The van der Waals surface area contributed by atoms with Crippen molar-refractivity contribution in [3.05, 3.63) is 104 Å². The lowest BCUT2D eigenvalue weighted by molar-refractivity contribution is -0.176. The Hall–Kier alpha value is -8.62. The summed E-state index contributed by atoms with van der Waals surface area (Å²) in [6, 6.07) is 0.0434. The number of fused-ring (bicyclic) bond motifs is 18. The Balaban J connectivity index is 0.000000178. The van der Waals surface area contributed by atoms with Crippen molar-refractivity contribution in [2.75, 3.05) is 65.6 Å². The number of hydrogen-bond donors (Lipinski definition) is 4. The van der Waals surface area contributed by atoms with E-state index in [0.29, 0.717) is 104 Å². The smallest absolute Gasteiger partial charge is 0.471 e. The monoisotopic (exact) mass is 1390 g/mol. The Morgan fingerprint density at radius 3 is 1.48 bits per heavy atom. The summed E-state index contributed by atoms with van der Waals surface area (Å²) < 4.78 is 99.1. The molecular formula is C68H71F3N8O17S2. The van der Waals surface area contributed by atoms with E-state index in [-0.39, 0.29) is 61.5 Å².